The Morgan fingerprint density at radius 3 is 2.61 bits per heavy atom. The highest BCUT2D eigenvalue weighted by Crippen LogP contribution is 2.19. The summed E-state index contributed by atoms with van der Waals surface area (Å²) in [5.41, 5.74) is 5.75. The van der Waals surface area contributed by atoms with Gasteiger partial charge in [0.25, 0.3) is 0 Å². The molecular weight excluding hydrogens is 240 g/mol. The van der Waals surface area contributed by atoms with E-state index in [-0.39, 0.29) is 12.5 Å². The smallest absolute Gasteiger partial charge is 0.307 e. The highest BCUT2D eigenvalue weighted by Gasteiger charge is 2.19. The minimum Gasteiger partial charge on any atom is -0.481 e. The van der Waals surface area contributed by atoms with Gasteiger partial charge in [0.1, 0.15) is 11.6 Å². The average Bonchev–Trinajstić information content (AvgIpc) is 2.29. The highest BCUT2D eigenvalue weighted by molar-refractivity contribution is 5.70. The molecule has 0 aliphatic rings. The lowest BCUT2D eigenvalue weighted by Gasteiger charge is -2.16. The van der Waals surface area contributed by atoms with Crippen molar-refractivity contribution in [1.29, 1.82) is 0 Å². The molecule has 0 aliphatic heterocycles. The van der Waals surface area contributed by atoms with Crippen molar-refractivity contribution in [2.45, 2.75) is 19.8 Å². The van der Waals surface area contributed by atoms with Gasteiger partial charge in [-0.05, 0) is 30.4 Å². The van der Waals surface area contributed by atoms with Gasteiger partial charge in [0.15, 0.2) is 0 Å². The zero-order valence-electron chi connectivity index (χ0n) is 10.2. The third-order valence-electron chi connectivity index (χ3n) is 2.90. The lowest BCUT2D eigenvalue weighted by Crippen LogP contribution is -2.25. The van der Waals surface area contributed by atoms with Gasteiger partial charge in [-0.3, -0.25) is 4.79 Å². The molecule has 0 aromatic heterocycles. The third kappa shape index (κ3) is 4.07. The third-order valence-corrected chi connectivity index (χ3v) is 2.90. The lowest BCUT2D eigenvalue weighted by atomic mass is 9.90. The molecule has 0 spiro atoms. The van der Waals surface area contributed by atoms with E-state index in [1.807, 2.05) is 6.92 Å². The van der Waals surface area contributed by atoms with Crippen LogP contribution in [0.2, 0.25) is 0 Å². The van der Waals surface area contributed by atoms with Gasteiger partial charge in [-0.25, -0.2) is 8.78 Å². The Kier molecular flexibility index (Phi) is 5.22. The molecule has 0 bridgehead atoms. The number of aliphatic carboxylic acids is 1. The molecule has 0 unspecified atom stereocenters. The number of halogens is 2. The molecule has 2 atom stereocenters. The topological polar surface area (TPSA) is 63.3 Å². The van der Waals surface area contributed by atoms with E-state index in [1.54, 1.807) is 0 Å². The van der Waals surface area contributed by atoms with E-state index >= 15 is 0 Å². The molecule has 1 rings (SSSR count). The molecule has 3 nitrogen and oxygen atoms in total. The van der Waals surface area contributed by atoms with Crippen LogP contribution in [-0.2, 0) is 11.2 Å². The summed E-state index contributed by atoms with van der Waals surface area (Å²) in [6.07, 6.45) is 0.749. The maximum Gasteiger partial charge on any atom is 0.307 e. The standard InChI is InChI=1S/C13H17F2NO2/c1-8(5-10(7-16)13(17)18)4-9-2-3-11(14)6-12(9)15/h2-3,6,8,10H,4-5,7,16H2,1H3,(H,17,18)/t8-,10+/m1/s1. The summed E-state index contributed by atoms with van der Waals surface area (Å²) in [5, 5.41) is 8.88. The summed E-state index contributed by atoms with van der Waals surface area (Å²) in [7, 11) is 0. The van der Waals surface area contributed by atoms with Crippen LogP contribution < -0.4 is 5.73 Å². The van der Waals surface area contributed by atoms with Gasteiger partial charge in [-0.1, -0.05) is 13.0 Å². The number of hydrogen-bond donors (Lipinski definition) is 2. The average molecular weight is 257 g/mol. The predicted molar refractivity (Wildman–Crippen MR) is 64.0 cm³/mol. The number of nitrogens with two attached hydrogens (primary N) is 1. The van der Waals surface area contributed by atoms with Crippen molar-refractivity contribution in [2.24, 2.45) is 17.6 Å². The maximum absolute atomic E-state index is 13.4. The fourth-order valence-corrected chi connectivity index (χ4v) is 1.93. The number of benzene rings is 1. The normalized spacial score (nSPS) is 14.2. The second kappa shape index (κ2) is 6.44. The second-order valence-electron chi connectivity index (χ2n) is 4.55. The van der Waals surface area contributed by atoms with E-state index in [4.69, 9.17) is 10.8 Å². The van der Waals surface area contributed by atoms with E-state index in [9.17, 15) is 13.6 Å². The van der Waals surface area contributed by atoms with Crippen LogP contribution in [0.25, 0.3) is 0 Å². The Bertz CT molecular complexity index is 423. The molecule has 3 N–H and O–H groups in total. The van der Waals surface area contributed by atoms with Crippen molar-refractivity contribution >= 4 is 5.97 Å². The molecule has 1 aromatic carbocycles. The first-order chi connectivity index (χ1) is 8.43. The quantitative estimate of drug-likeness (QED) is 0.821. The SMILES string of the molecule is C[C@H](Cc1ccc(F)cc1F)C[C@@H](CN)C(=O)O. The number of carbonyl (C=O) groups is 1. The van der Waals surface area contributed by atoms with Crippen molar-refractivity contribution in [3.8, 4) is 0 Å². The van der Waals surface area contributed by atoms with Crippen LogP contribution >= 0.6 is 0 Å². The fraction of sp³-hybridized carbons (Fsp3) is 0.462. The van der Waals surface area contributed by atoms with Crippen LogP contribution in [0.15, 0.2) is 18.2 Å². The monoisotopic (exact) mass is 257 g/mol. The summed E-state index contributed by atoms with van der Waals surface area (Å²) in [6, 6.07) is 3.42. The fourth-order valence-electron chi connectivity index (χ4n) is 1.93. The molecule has 1 aromatic rings. The molecular formula is C13H17F2NO2. The van der Waals surface area contributed by atoms with Crippen molar-refractivity contribution in [2.75, 3.05) is 6.54 Å². The summed E-state index contributed by atoms with van der Waals surface area (Å²) < 4.78 is 26.1. The number of carboxylic acids is 1. The van der Waals surface area contributed by atoms with Gasteiger partial charge in [0.05, 0.1) is 5.92 Å². The second-order valence-corrected chi connectivity index (χ2v) is 4.55. The van der Waals surface area contributed by atoms with Crippen LogP contribution in [0.5, 0.6) is 0 Å². The molecule has 0 saturated heterocycles. The molecule has 0 amide bonds. The molecule has 0 fully saturated rings. The number of rotatable bonds is 6. The van der Waals surface area contributed by atoms with Crippen LogP contribution in [0.4, 0.5) is 8.78 Å². The molecule has 0 heterocycles. The van der Waals surface area contributed by atoms with Crippen molar-refractivity contribution in [1.82, 2.24) is 0 Å². The van der Waals surface area contributed by atoms with E-state index in [0.717, 1.165) is 6.07 Å². The summed E-state index contributed by atoms with van der Waals surface area (Å²) >= 11 is 0. The Labute approximate surface area is 105 Å². The van der Waals surface area contributed by atoms with E-state index in [0.29, 0.717) is 18.4 Å². The van der Waals surface area contributed by atoms with Gasteiger partial charge < -0.3 is 10.8 Å². The first kappa shape index (κ1) is 14.6. The summed E-state index contributed by atoms with van der Waals surface area (Å²) in [4.78, 5) is 10.8. The zero-order chi connectivity index (χ0) is 13.7. The predicted octanol–water partition coefficient (Wildman–Crippen LogP) is 2.19. The maximum atomic E-state index is 13.4. The first-order valence-corrected chi connectivity index (χ1v) is 5.80. The van der Waals surface area contributed by atoms with E-state index in [1.165, 1.54) is 12.1 Å². The lowest BCUT2D eigenvalue weighted by molar-refractivity contribution is -0.141. The van der Waals surface area contributed by atoms with Crippen LogP contribution in [-0.4, -0.2) is 17.6 Å². The Morgan fingerprint density at radius 1 is 1.44 bits per heavy atom. The minimum absolute atomic E-state index is 0.0328. The van der Waals surface area contributed by atoms with Crippen molar-refractivity contribution in [3.05, 3.63) is 35.4 Å². The zero-order valence-corrected chi connectivity index (χ0v) is 10.2. The minimum atomic E-state index is -0.941. The van der Waals surface area contributed by atoms with Crippen molar-refractivity contribution in [3.63, 3.8) is 0 Å². The van der Waals surface area contributed by atoms with Gasteiger partial charge in [0, 0.05) is 12.6 Å². The summed E-state index contributed by atoms with van der Waals surface area (Å²) in [6.45, 7) is 1.89. The largest absolute Gasteiger partial charge is 0.481 e. The van der Waals surface area contributed by atoms with Gasteiger partial charge >= 0.3 is 5.97 Å². The molecule has 0 aliphatic carbocycles. The Balaban J connectivity index is 2.64. The molecule has 0 saturated carbocycles. The van der Waals surface area contributed by atoms with Gasteiger partial charge in [-0.2, -0.15) is 0 Å². The van der Waals surface area contributed by atoms with E-state index < -0.39 is 23.5 Å². The van der Waals surface area contributed by atoms with Crippen LogP contribution in [0.1, 0.15) is 18.9 Å². The molecule has 0 radical (unpaired) electrons. The van der Waals surface area contributed by atoms with E-state index in [2.05, 4.69) is 0 Å². The first-order valence-electron chi connectivity index (χ1n) is 5.80. The Morgan fingerprint density at radius 2 is 2.11 bits per heavy atom. The van der Waals surface area contributed by atoms with Crippen LogP contribution in [0.3, 0.4) is 0 Å². The van der Waals surface area contributed by atoms with Crippen LogP contribution in [0, 0.1) is 23.5 Å². The number of carboxylic acid groups (broad SMARTS) is 1. The van der Waals surface area contributed by atoms with Gasteiger partial charge in [0.2, 0.25) is 0 Å². The molecule has 100 valence electrons. The Hall–Kier alpha value is -1.49. The molecule has 5 heteroatoms. The number of hydrogen-bond acceptors (Lipinski definition) is 2. The van der Waals surface area contributed by atoms with Crippen molar-refractivity contribution < 1.29 is 18.7 Å². The molecule has 18 heavy (non-hydrogen) atoms. The summed E-state index contributed by atoms with van der Waals surface area (Å²) in [5.74, 6) is -2.81. The van der Waals surface area contributed by atoms with Gasteiger partial charge in [-0.15, -0.1) is 0 Å². The highest BCUT2D eigenvalue weighted by atomic mass is 19.1.